The molecule has 1 heterocycles. The number of rotatable bonds is 34. The van der Waals surface area contributed by atoms with Crippen LogP contribution in [0.3, 0.4) is 0 Å². The van der Waals surface area contributed by atoms with E-state index in [0.717, 1.165) is 0 Å². The van der Waals surface area contributed by atoms with Crippen molar-refractivity contribution >= 4 is 0 Å². The topological polar surface area (TPSA) is 19.7 Å². The minimum atomic E-state index is 0.619. The zero-order chi connectivity index (χ0) is 31.1. The van der Waals surface area contributed by atoms with Crippen molar-refractivity contribution in [2.45, 2.75) is 245 Å². The minimum absolute atomic E-state index is 0.619. The summed E-state index contributed by atoms with van der Waals surface area (Å²) in [5.41, 5.74) is 0. The average molecular weight is 602 g/mol. The smallest absolute Gasteiger partial charge is 0.247 e. The highest BCUT2D eigenvalue weighted by Gasteiger charge is 2.25. The van der Waals surface area contributed by atoms with Crippen molar-refractivity contribution < 1.29 is 4.57 Å². The van der Waals surface area contributed by atoms with Gasteiger partial charge < -0.3 is 0 Å². The molecule has 0 spiro atoms. The molecule has 0 radical (unpaired) electrons. The van der Waals surface area contributed by atoms with Crippen molar-refractivity contribution in [3.8, 4) is 0 Å². The molecule has 2 nitrogen and oxygen atoms in total. The SMILES string of the molecule is CCCCCCCCCCCCCCC(C)[n+]1cc[nH]c1C(CCCCCCCCCC)CCCCCCCCCCC. The van der Waals surface area contributed by atoms with Crippen molar-refractivity contribution in [1.82, 2.24) is 4.98 Å². The molecule has 2 atom stereocenters. The summed E-state index contributed by atoms with van der Waals surface area (Å²) in [4.78, 5) is 3.75. The van der Waals surface area contributed by atoms with Crippen LogP contribution < -0.4 is 4.57 Å². The van der Waals surface area contributed by atoms with E-state index >= 15 is 0 Å². The summed E-state index contributed by atoms with van der Waals surface area (Å²) >= 11 is 0. The van der Waals surface area contributed by atoms with Crippen molar-refractivity contribution in [2.24, 2.45) is 0 Å². The molecule has 1 aromatic heterocycles. The van der Waals surface area contributed by atoms with Crippen molar-refractivity contribution in [2.75, 3.05) is 0 Å². The lowest BCUT2D eigenvalue weighted by Crippen LogP contribution is -2.41. The van der Waals surface area contributed by atoms with Gasteiger partial charge in [-0.15, -0.1) is 0 Å². The average Bonchev–Trinajstić information content (AvgIpc) is 3.51. The van der Waals surface area contributed by atoms with Gasteiger partial charge in [0, 0.05) is 0 Å². The van der Waals surface area contributed by atoms with Gasteiger partial charge in [-0.2, -0.15) is 0 Å². The van der Waals surface area contributed by atoms with E-state index in [9.17, 15) is 0 Å². The van der Waals surface area contributed by atoms with Crippen LogP contribution in [0, 0.1) is 0 Å². The molecule has 0 aromatic carbocycles. The summed E-state index contributed by atoms with van der Waals surface area (Å²) in [7, 11) is 0. The predicted molar refractivity (Wildman–Crippen MR) is 193 cm³/mol. The molecular formula is C41H81N2+. The zero-order valence-corrected chi connectivity index (χ0v) is 30.4. The Labute approximate surface area is 272 Å². The van der Waals surface area contributed by atoms with Gasteiger partial charge in [0.15, 0.2) is 0 Å². The molecule has 0 saturated heterocycles. The summed E-state index contributed by atoms with van der Waals surface area (Å²) in [5.74, 6) is 2.25. The van der Waals surface area contributed by atoms with E-state index in [-0.39, 0.29) is 0 Å². The molecule has 0 saturated carbocycles. The van der Waals surface area contributed by atoms with E-state index in [0.29, 0.717) is 12.0 Å². The summed E-state index contributed by atoms with van der Waals surface area (Å²) in [5, 5.41) is 0. The molecular weight excluding hydrogens is 520 g/mol. The molecule has 2 heteroatoms. The molecule has 0 aliphatic heterocycles. The van der Waals surface area contributed by atoms with Gasteiger partial charge in [0.1, 0.15) is 12.4 Å². The Hall–Kier alpha value is -0.790. The summed E-state index contributed by atoms with van der Waals surface area (Å²) in [6, 6.07) is 0.619. The second-order valence-corrected chi connectivity index (χ2v) is 14.4. The van der Waals surface area contributed by atoms with Crippen LogP contribution in [0.25, 0.3) is 0 Å². The fraction of sp³-hybridized carbons (Fsp3) is 0.927. The lowest BCUT2D eigenvalue weighted by atomic mass is 9.92. The lowest BCUT2D eigenvalue weighted by molar-refractivity contribution is -0.727. The molecule has 2 unspecified atom stereocenters. The number of aromatic nitrogens is 2. The van der Waals surface area contributed by atoms with Gasteiger partial charge in [0.25, 0.3) is 5.82 Å². The van der Waals surface area contributed by atoms with E-state index in [1.807, 2.05) is 0 Å². The maximum absolute atomic E-state index is 3.75. The molecule has 0 aliphatic carbocycles. The Balaban J connectivity index is 2.39. The van der Waals surface area contributed by atoms with Crippen LogP contribution in [0.1, 0.15) is 251 Å². The molecule has 0 fully saturated rings. The Bertz CT molecular complexity index is 664. The summed E-state index contributed by atoms with van der Waals surface area (Å²) in [6.07, 6.45) is 50.2. The first kappa shape index (κ1) is 40.2. The van der Waals surface area contributed by atoms with Crippen molar-refractivity contribution in [1.29, 1.82) is 0 Å². The number of hydrogen-bond donors (Lipinski definition) is 1. The normalized spacial score (nSPS) is 13.1. The largest absolute Gasteiger partial charge is 0.257 e. The Morgan fingerprint density at radius 1 is 0.442 bits per heavy atom. The van der Waals surface area contributed by atoms with Crippen molar-refractivity contribution in [3.63, 3.8) is 0 Å². The van der Waals surface area contributed by atoms with Crippen LogP contribution >= 0.6 is 0 Å². The van der Waals surface area contributed by atoms with E-state index in [1.165, 1.54) is 211 Å². The van der Waals surface area contributed by atoms with Gasteiger partial charge in [-0.1, -0.05) is 201 Å². The molecule has 0 aliphatic rings. The van der Waals surface area contributed by atoms with Gasteiger partial charge >= 0.3 is 0 Å². The van der Waals surface area contributed by atoms with Crippen LogP contribution in [0.5, 0.6) is 0 Å². The Morgan fingerprint density at radius 3 is 1.09 bits per heavy atom. The molecule has 1 rings (SSSR count). The summed E-state index contributed by atoms with van der Waals surface area (Å²) in [6.45, 7) is 9.42. The summed E-state index contributed by atoms with van der Waals surface area (Å²) < 4.78 is 2.64. The van der Waals surface area contributed by atoms with Gasteiger partial charge in [0.05, 0.1) is 12.0 Å². The highest BCUT2D eigenvalue weighted by Crippen LogP contribution is 2.27. The second-order valence-electron chi connectivity index (χ2n) is 14.4. The van der Waals surface area contributed by atoms with Gasteiger partial charge in [-0.05, 0) is 32.6 Å². The Morgan fingerprint density at radius 2 is 0.744 bits per heavy atom. The molecule has 254 valence electrons. The number of unbranched alkanes of at least 4 members (excludes halogenated alkanes) is 26. The first-order chi connectivity index (χ1) is 21.2. The first-order valence-corrected chi connectivity index (χ1v) is 20.3. The number of imidazole rings is 1. The second kappa shape index (κ2) is 31.2. The number of nitrogens with one attached hydrogen (secondary N) is 1. The van der Waals surface area contributed by atoms with Gasteiger partial charge in [0.2, 0.25) is 0 Å². The van der Waals surface area contributed by atoms with E-state index in [2.05, 4.69) is 49.6 Å². The lowest BCUT2D eigenvalue weighted by Gasteiger charge is -2.17. The number of hydrogen-bond acceptors (Lipinski definition) is 0. The highest BCUT2D eigenvalue weighted by atomic mass is 15.1. The number of nitrogens with zero attached hydrogens (tertiary/aromatic N) is 1. The van der Waals surface area contributed by atoms with Crippen molar-refractivity contribution in [3.05, 3.63) is 18.2 Å². The maximum Gasteiger partial charge on any atom is 0.257 e. The van der Waals surface area contributed by atoms with Gasteiger partial charge in [-0.25, -0.2) is 9.55 Å². The molecule has 0 bridgehead atoms. The van der Waals surface area contributed by atoms with Gasteiger partial charge in [-0.3, -0.25) is 0 Å². The molecule has 1 aromatic rings. The first-order valence-electron chi connectivity index (χ1n) is 20.3. The third-order valence-corrected chi connectivity index (χ3v) is 10.1. The third-order valence-electron chi connectivity index (χ3n) is 10.1. The zero-order valence-electron chi connectivity index (χ0n) is 30.4. The predicted octanol–water partition coefficient (Wildman–Crippen LogP) is 14.5. The van der Waals surface area contributed by atoms with E-state index < -0.39 is 0 Å². The fourth-order valence-corrected chi connectivity index (χ4v) is 7.13. The van der Waals surface area contributed by atoms with E-state index in [1.54, 1.807) is 0 Å². The monoisotopic (exact) mass is 602 g/mol. The Kier molecular flexibility index (Phi) is 29.2. The highest BCUT2D eigenvalue weighted by molar-refractivity contribution is 4.90. The molecule has 0 amide bonds. The number of H-pyrrole nitrogens is 1. The quantitative estimate of drug-likeness (QED) is 0.0599. The van der Waals surface area contributed by atoms with Crippen LogP contribution in [0.4, 0.5) is 0 Å². The number of aromatic amines is 1. The standard InChI is InChI=1S/C41H80N2/c1-5-8-11-14-17-20-21-22-24-25-28-31-34-39(4)43-38-37-42-41(43)40(35-32-29-26-19-16-13-10-7-3)36-33-30-27-23-18-15-12-9-6-2/h37-40H,5-36H2,1-4H3/p+1. The van der Waals surface area contributed by atoms with Crippen LogP contribution in [-0.2, 0) is 0 Å². The minimum Gasteiger partial charge on any atom is -0.247 e. The van der Waals surface area contributed by atoms with Crippen LogP contribution in [0.15, 0.2) is 12.4 Å². The van der Waals surface area contributed by atoms with E-state index in [4.69, 9.17) is 0 Å². The maximum atomic E-state index is 3.75. The molecule has 1 N–H and O–H groups in total. The third kappa shape index (κ3) is 23.2. The van der Waals surface area contributed by atoms with Crippen LogP contribution in [-0.4, -0.2) is 4.98 Å². The fourth-order valence-electron chi connectivity index (χ4n) is 7.13. The molecule has 43 heavy (non-hydrogen) atoms. The van der Waals surface area contributed by atoms with Crippen LogP contribution in [0.2, 0.25) is 0 Å².